The quantitative estimate of drug-likeness (QED) is 0.692. The third-order valence-electron chi connectivity index (χ3n) is 3.38. The molecule has 6 nitrogen and oxygen atoms in total. The lowest BCUT2D eigenvalue weighted by molar-refractivity contribution is 0.673. The van der Waals surface area contributed by atoms with Gasteiger partial charge in [-0.05, 0) is 24.6 Å². The maximum absolute atomic E-state index is 12.6. The van der Waals surface area contributed by atoms with Crippen LogP contribution in [-0.2, 0) is 6.54 Å². The second-order valence-electron chi connectivity index (χ2n) is 4.85. The Bertz CT molecular complexity index is 997. The van der Waals surface area contributed by atoms with E-state index in [0.29, 0.717) is 10.7 Å². The highest BCUT2D eigenvalue weighted by Gasteiger charge is 2.12. The first kappa shape index (κ1) is 14.3. The van der Waals surface area contributed by atoms with Gasteiger partial charge >= 0.3 is 11.2 Å². The van der Waals surface area contributed by atoms with Crippen molar-refractivity contribution in [2.24, 2.45) is 0 Å². The van der Waals surface area contributed by atoms with Gasteiger partial charge in [0, 0.05) is 17.4 Å². The van der Waals surface area contributed by atoms with Gasteiger partial charge in [-0.2, -0.15) is 0 Å². The van der Waals surface area contributed by atoms with Crippen LogP contribution in [0.5, 0.6) is 0 Å². The molecule has 2 aromatic heterocycles. The van der Waals surface area contributed by atoms with Gasteiger partial charge in [0.25, 0.3) is 0 Å². The Hall–Kier alpha value is -2.60. The molecule has 0 N–H and O–H groups in total. The van der Waals surface area contributed by atoms with Crippen molar-refractivity contribution < 1.29 is 0 Å². The van der Waals surface area contributed by atoms with Gasteiger partial charge < -0.3 is 0 Å². The summed E-state index contributed by atoms with van der Waals surface area (Å²) >= 11 is 6.10. The molecule has 0 bridgehead atoms. The van der Waals surface area contributed by atoms with E-state index in [1.54, 1.807) is 18.2 Å². The van der Waals surface area contributed by atoms with E-state index in [-0.39, 0.29) is 23.4 Å². The van der Waals surface area contributed by atoms with Gasteiger partial charge in [-0.3, -0.25) is 9.36 Å². The van der Waals surface area contributed by atoms with Crippen LogP contribution in [0.1, 0.15) is 5.56 Å². The molecule has 7 heteroatoms. The lowest BCUT2D eigenvalue weighted by Gasteiger charge is -2.07. The number of halogens is 1. The van der Waals surface area contributed by atoms with Crippen molar-refractivity contribution in [3.63, 3.8) is 0 Å². The van der Waals surface area contributed by atoms with Gasteiger partial charge in [0.05, 0.1) is 12.2 Å². The van der Waals surface area contributed by atoms with E-state index < -0.39 is 0 Å². The number of hydrogen-bond donors (Lipinski definition) is 0. The lowest BCUT2D eigenvalue weighted by atomic mass is 10.2. The van der Waals surface area contributed by atoms with Crippen molar-refractivity contribution >= 4 is 17.2 Å². The van der Waals surface area contributed by atoms with Crippen LogP contribution in [0.3, 0.4) is 0 Å². The molecule has 3 aromatic rings. The zero-order valence-electron chi connectivity index (χ0n) is 11.9. The number of nitrogens with zero attached hydrogens (tertiary/aromatic N) is 4. The molecule has 0 aliphatic heterocycles. The van der Waals surface area contributed by atoms with Gasteiger partial charge in [-0.15, -0.1) is 11.7 Å². The maximum Gasteiger partial charge on any atom is 0.350 e. The van der Waals surface area contributed by atoms with Crippen molar-refractivity contribution in [2.75, 3.05) is 0 Å². The molecule has 0 unspecified atom stereocenters. The zero-order chi connectivity index (χ0) is 15.9. The molecule has 0 spiro atoms. The van der Waals surface area contributed by atoms with Crippen LogP contribution < -0.4 is 11.2 Å². The van der Waals surface area contributed by atoms with Crippen LogP contribution in [0.2, 0.25) is 5.02 Å². The molecule has 0 fully saturated rings. The van der Waals surface area contributed by atoms with Gasteiger partial charge in [0.1, 0.15) is 0 Å². The second kappa shape index (κ2) is 5.31. The third kappa shape index (κ3) is 2.17. The minimum atomic E-state index is -0.387. The molecular formula is C15H13ClN4O2. The molecule has 0 saturated carbocycles. The Balaban J connectivity index is 2.26. The van der Waals surface area contributed by atoms with Gasteiger partial charge in [-0.25, -0.2) is 13.9 Å². The van der Waals surface area contributed by atoms with Crippen molar-refractivity contribution in [1.82, 2.24) is 18.7 Å². The molecular weight excluding hydrogens is 304 g/mol. The van der Waals surface area contributed by atoms with Gasteiger partial charge in [0.15, 0.2) is 0 Å². The molecule has 2 heterocycles. The largest absolute Gasteiger partial charge is 0.350 e. The summed E-state index contributed by atoms with van der Waals surface area (Å²) in [7, 11) is 0. The summed E-state index contributed by atoms with van der Waals surface area (Å²) in [6, 6.07) is 5.32. The number of aromatic nitrogens is 4. The van der Waals surface area contributed by atoms with Crippen molar-refractivity contribution in [3.8, 4) is 5.69 Å². The summed E-state index contributed by atoms with van der Waals surface area (Å²) in [4.78, 5) is 24.6. The fourth-order valence-electron chi connectivity index (χ4n) is 2.19. The minimum absolute atomic E-state index is 0.0612. The van der Waals surface area contributed by atoms with E-state index >= 15 is 0 Å². The molecule has 0 aliphatic carbocycles. The lowest BCUT2D eigenvalue weighted by Crippen LogP contribution is -2.24. The topological polar surface area (TPSA) is 61.3 Å². The summed E-state index contributed by atoms with van der Waals surface area (Å²) in [6.07, 6.45) is 4.59. The Morgan fingerprint density at radius 2 is 2.09 bits per heavy atom. The Kier molecular flexibility index (Phi) is 3.46. The Morgan fingerprint density at radius 3 is 2.77 bits per heavy atom. The van der Waals surface area contributed by atoms with Crippen LogP contribution in [-0.4, -0.2) is 18.7 Å². The van der Waals surface area contributed by atoms with Gasteiger partial charge in [-0.1, -0.05) is 23.7 Å². The average molecular weight is 317 g/mol. The number of hydrogen-bond acceptors (Lipinski definition) is 3. The number of allylic oxidation sites excluding steroid dienone is 1. The monoisotopic (exact) mass is 316 g/mol. The smallest absolute Gasteiger partial charge is 0.280 e. The van der Waals surface area contributed by atoms with Crippen LogP contribution in [0.15, 0.2) is 52.8 Å². The molecule has 3 rings (SSSR count). The SMILES string of the molecule is C=CCn1nc2c(=O)n(-c3ccc(C)c(Cl)c3)ccn2c1=O. The van der Waals surface area contributed by atoms with E-state index in [1.165, 1.54) is 26.0 Å². The highest BCUT2D eigenvalue weighted by molar-refractivity contribution is 6.31. The normalized spacial score (nSPS) is 11.0. The summed E-state index contributed by atoms with van der Waals surface area (Å²) in [6.45, 7) is 5.70. The third-order valence-corrected chi connectivity index (χ3v) is 3.79. The van der Waals surface area contributed by atoms with Crippen molar-refractivity contribution in [1.29, 1.82) is 0 Å². The average Bonchev–Trinajstić information content (AvgIpc) is 2.81. The molecule has 0 atom stereocenters. The molecule has 0 radical (unpaired) electrons. The van der Waals surface area contributed by atoms with E-state index in [9.17, 15) is 9.59 Å². The van der Waals surface area contributed by atoms with E-state index in [0.717, 1.165) is 5.56 Å². The molecule has 0 aliphatic rings. The van der Waals surface area contributed by atoms with Gasteiger partial charge in [0.2, 0.25) is 5.65 Å². The predicted octanol–water partition coefficient (Wildman–Crippen LogP) is 1.79. The first-order valence-corrected chi connectivity index (χ1v) is 6.99. The highest BCUT2D eigenvalue weighted by Crippen LogP contribution is 2.18. The first-order valence-electron chi connectivity index (χ1n) is 6.61. The number of aryl methyl sites for hydroxylation is 1. The Morgan fingerprint density at radius 1 is 1.32 bits per heavy atom. The van der Waals surface area contributed by atoms with Crippen molar-refractivity contribution in [3.05, 3.63) is 74.7 Å². The number of rotatable bonds is 3. The molecule has 1 aromatic carbocycles. The molecule has 22 heavy (non-hydrogen) atoms. The minimum Gasteiger partial charge on any atom is -0.280 e. The van der Waals surface area contributed by atoms with E-state index in [4.69, 9.17) is 11.6 Å². The van der Waals surface area contributed by atoms with E-state index in [2.05, 4.69) is 11.7 Å². The van der Waals surface area contributed by atoms with E-state index in [1.807, 2.05) is 13.0 Å². The fraction of sp³-hybridized carbons (Fsp3) is 0.133. The van der Waals surface area contributed by atoms with Crippen LogP contribution >= 0.6 is 11.6 Å². The standard InChI is InChI=1S/C15H13ClN4O2/c1-3-6-20-15(22)19-8-7-18(14(21)13(19)17-20)11-5-4-10(2)12(16)9-11/h3-5,7-9H,1,6H2,2H3. The predicted molar refractivity (Wildman–Crippen MR) is 85.0 cm³/mol. The summed E-state index contributed by atoms with van der Waals surface area (Å²) in [5.41, 5.74) is 0.842. The first-order chi connectivity index (χ1) is 10.5. The zero-order valence-corrected chi connectivity index (χ0v) is 12.6. The molecule has 0 saturated heterocycles. The fourth-order valence-corrected chi connectivity index (χ4v) is 2.36. The molecule has 112 valence electrons. The van der Waals surface area contributed by atoms with Crippen molar-refractivity contribution in [2.45, 2.75) is 13.5 Å². The molecule has 0 amide bonds. The maximum atomic E-state index is 12.6. The summed E-state index contributed by atoms with van der Waals surface area (Å²) in [5, 5.41) is 4.63. The van der Waals surface area contributed by atoms with Crippen LogP contribution in [0.4, 0.5) is 0 Å². The number of benzene rings is 1. The summed E-state index contributed by atoms with van der Waals surface area (Å²) in [5.74, 6) is 0. The second-order valence-corrected chi connectivity index (χ2v) is 5.26. The highest BCUT2D eigenvalue weighted by atomic mass is 35.5. The van der Waals surface area contributed by atoms with Crippen LogP contribution in [0, 0.1) is 6.92 Å². The number of fused-ring (bicyclic) bond motifs is 1. The Labute approximate surface area is 130 Å². The van der Waals surface area contributed by atoms with Crippen LogP contribution in [0.25, 0.3) is 11.3 Å². The summed E-state index contributed by atoms with van der Waals surface area (Å²) < 4.78 is 3.82.